The number of imidazole rings is 1. The van der Waals surface area contributed by atoms with Crippen molar-refractivity contribution in [2.75, 3.05) is 39.6 Å². The van der Waals surface area contributed by atoms with E-state index in [2.05, 4.69) is 26.2 Å². The molecule has 0 bridgehead atoms. The van der Waals surface area contributed by atoms with Crippen molar-refractivity contribution in [1.29, 1.82) is 0 Å². The Morgan fingerprint density at radius 2 is 2.20 bits per heavy atom. The molecule has 3 N–H and O–H groups in total. The van der Waals surface area contributed by atoms with Gasteiger partial charge < -0.3 is 33.9 Å². The largest absolute Gasteiger partial charge is 0.519 e. The molecule has 0 fully saturated rings. The standard InChI is InChI=1S/C21H26FN7O6/c1-5-21(32-4,6-8-29-12-25-15-16(23)26-18(22)27-17(15)29)11-33-19(30)24-7-9-28(3)10-14-13(2)34-20(31)35-14/h1,12H,6-11H2,2-4H3,(H,24,30)(H2,23,26,27). The summed E-state index contributed by atoms with van der Waals surface area (Å²) >= 11 is 0. The van der Waals surface area contributed by atoms with E-state index in [1.54, 1.807) is 18.5 Å². The fourth-order valence-corrected chi connectivity index (χ4v) is 3.23. The fourth-order valence-electron chi connectivity index (χ4n) is 3.23. The molecule has 0 saturated heterocycles. The van der Waals surface area contributed by atoms with Crippen LogP contribution in [0.2, 0.25) is 0 Å². The topological polar surface area (TPSA) is 164 Å². The lowest BCUT2D eigenvalue weighted by Crippen LogP contribution is -2.40. The van der Waals surface area contributed by atoms with Crippen molar-refractivity contribution in [2.24, 2.45) is 0 Å². The van der Waals surface area contributed by atoms with Gasteiger partial charge in [0, 0.05) is 33.2 Å². The summed E-state index contributed by atoms with van der Waals surface area (Å²) in [6, 6.07) is 0. The van der Waals surface area contributed by atoms with Crippen LogP contribution in [0.4, 0.5) is 15.0 Å². The first-order valence-electron chi connectivity index (χ1n) is 10.5. The molecule has 1 unspecified atom stereocenters. The number of alkyl carbamates (subject to hydrolysis) is 1. The van der Waals surface area contributed by atoms with Gasteiger partial charge in [0.1, 0.15) is 17.9 Å². The number of halogens is 1. The molecule has 188 valence electrons. The number of hydrogen-bond acceptors (Lipinski definition) is 11. The zero-order valence-corrected chi connectivity index (χ0v) is 19.5. The summed E-state index contributed by atoms with van der Waals surface area (Å²) in [7, 11) is 3.19. The number of nitrogen functional groups attached to an aromatic ring is 1. The minimum atomic E-state index is -1.24. The smallest absolute Gasteiger partial charge is 0.445 e. The van der Waals surface area contributed by atoms with Crippen molar-refractivity contribution in [3.8, 4) is 12.3 Å². The maximum Gasteiger partial charge on any atom is 0.519 e. The Balaban J connectivity index is 1.49. The Morgan fingerprint density at radius 1 is 1.43 bits per heavy atom. The minimum Gasteiger partial charge on any atom is -0.445 e. The van der Waals surface area contributed by atoms with Gasteiger partial charge >= 0.3 is 18.0 Å². The number of fused-ring (bicyclic) bond motifs is 1. The van der Waals surface area contributed by atoms with Crippen LogP contribution in [-0.4, -0.2) is 70.0 Å². The van der Waals surface area contributed by atoms with Crippen LogP contribution in [0.3, 0.4) is 0 Å². The number of amides is 1. The third kappa shape index (κ3) is 6.34. The molecular weight excluding hydrogens is 465 g/mol. The number of terminal acetylenes is 1. The highest BCUT2D eigenvalue weighted by Gasteiger charge is 2.30. The van der Waals surface area contributed by atoms with Crippen molar-refractivity contribution in [3.63, 3.8) is 0 Å². The van der Waals surface area contributed by atoms with E-state index >= 15 is 0 Å². The SMILES string of the molecule is C#CC(CCn1cnc2c(N)nc(F)nc21)(COC(=O)NCCN(C)Cc1oc(=O)oc1C)OC. The van der Waals surface area contributed by atoms with Crippen molar-refractivity contribution >= 4 is 23.1 Å². The van der Waals surface area contributed by atoms with Gasteiger partial charge in [-0.15, -0.1) is 6.42 Å². The number of nitrogens with zero attached hydrogens (tertiary/aromatic N) is 5. The zero-order valence-electron chi connectivity index (χ0n) is 19.5. The molecule has 0 aliphatic heterocycles. The van der Waals surface area contributed by atoms with Crippen LogP contribution in [0.15, 0.2) is 20.0 Å². The van der Waals surface area contributed by atoms with E-state index in [1.807, 2.05) is 4.90 Å². The molecule has 13 nitrogen and oxygen atoms in total. The van der Waals surface area contributed by atoms with Crippen LogP contribution in [0, 0.1) is 25.3 Å². The number of nitrogens with two attached hydrogens (primary N) is 1. The van der Waals surface area contributed by atoms with E-state index in [0.717, 1.165) is 0 Å². The number of aromatic nitrogens is 4. The Kier molecular flexibility index (Phi) is 8.05. The molecule has 3 rings (SSSR count). The number of ether oxygens (including phenoxy) is 2. The molecule has 14 heteroatoms. The molecule has 0 spiro atoms. The van der Waals surface area contributed by atoms with E-state index in [0.29, 0.717) is 24.6 Å². The van der Waals surface area contributed by atoms with Gasteiger partial charge in [-0.2, -0.15) is 14.4 Å². The highest BCUT2D eigenvalue weighted by molar-refractivity contribution is 5.81. The predicted molar refractivity (Wildman–Crippen MR) is 121 cm³/mol. The van der Waals surface area contributed by atoms with Gasteiger partial charge in [-0.25, -0.2) is 14.6 Å². The monoisotopic (exact) mass is 491 g/mol. The molecule has 0 saturated carbocycles. The highest BCUT2D eigenvalue weighted by atomic mass is 19.1. The van der Waals surface area contributed by atoms with E-state index in [-0.39, 0.29) is 43.1 Å². The average molecular weight is 491 g/mol. The van der Waals surface area contributed by atoms with Gasteiger partial charge in [0.25, 0.3) is 0 Å². The molecule has 3 heterocycles. The lowest BCUT2D eigenvalue weighted by atomic mass is 10.0. The number of hydrogen-bond donors (Lipinski definition) is 2. The van der Waals surface area contributed by atoms with Gasteiger partial charge in [0.2, 0.25) is 0 Å². The second-order valence-electron chi connectivity index (χ2n) is 7.75. The molecule has 0 radical (unpaired) electrons. The van der Waals surface area contributed by atoms with E-state index < -0.39 is 23.6 Å². The lowest BCUT2D eigenvalue weighted by Gasteiger charge is -2.26. The normalized spacial score (nSPS) is 13.0. The number of methoxy groups -OCH3 is 1. The van der Waals surface area contributed by atoms with Crippen LogP contribution in [0.1, 0.15) is 17.9 Å². The third-order valence-corrected chi connectivity index (χ3v) is 5.32. The number of carbonyl (C=O) groups is 1. The van der Waals surface area contributed by atoms with E-state index in [1.165, 1.54) is 13.4 Å². The molecule has 3 aromatic rings. The molecule has 35 heavy (non-hydrogen) atoms. The van der Waals surface area contributed by atoms with Gasteiger partial charge in [0.05, 0.1) is 12.9 Å². The highest BCUT2D eigenvalue weighted by Crippen LogP contribution is 2.20. The predicted octanol–water partition coefficient (Wildman–Crippen LogP) is 0.669. The van der Waals surface area contributed by atoms with Crippen LogP contribution in [0.5, 0.6) is 0 Å². The summed E-state index contributed by atoms with van der Waals surface area (Å²) in [6.07, 6.45) is 5.66. The number of likely N-dealkylation sites (N-methyl/N-ethyl adjacent to an activating group) is 1. The molecule has 1 atom stereocenters. The minimum absolute atomic E-state index is 0.0729. The van der Waals surface area contributed by atoms with Crippen molar-refractivity contribution in [2.45, 2.75) is 32.0 Å². The lowest BCUT2D eigenvalue weighted by molar-refractivity contribution is -0.0213. The maximum absolute atomic E-state index is 13.6. The molecular formula is C21H26FN7O6. The summed E-state index contributed by atoms with van der Waals surface area (Å²) in [5.41, 5.74) is 4.92. The molecule has 0 aliphatic carbocycles. The van der Waals surface area contributed by atoms with Gasteiger partial charge in [0.15, 0.2) is 22.8 Å². The number of anilines is 1. The maximum atomic E-state index is 13.6. The van der Waals surface area contributed by atoms with E-state index in [9.17, 15) is 14.0 Å². The van der Waals surface area contributed by atoms with Crippen molar-refractivity contribution < 1.29 is 27.5 Å². The summed E-state index contributed by atoms with van der Waals surface area (Å²) in [6.45, 7) is 2.70. The summed E-state index contributed by atoms with van der Waals surface area (Å²) in [5.74, 6) is 2.51. The second-order valence-corrected chi connectivity index (χ2v) is 7.75. The van der Waals surface area contributed by atoms with Crippen molar-refractivity contribution in [1.82, 2.24) is 29.7 Å². The quantitative estimate of drug-likeness (QED) is 0.286. The first-order valence-corrected chi connectivity index (χ1v) is 10.5. The van der Waals surface area contributed by atoms with Crippen LogP contribution >= 0.6 is 0 Å². The second kappa shape index (κ2) is 11.0. The summed E-state index contributed by atoms with van der Waals surface area (Å²) in [5, 5.41) is 2.62. The Hall–Kier alpha value is -3.96. The zero-order chi connectivity index (χ0) is 25.6. The molecule has 0 aliphatic rings. The van der Waals surface area contributed by atoms with Gasteiger partial charge in [-0.05, 0) is 14.0 Å². The van der Waals surface area contributed by atoms with Crippen molar-refractivity contribution in [3.05, 3.63) is 34.5 Å². The average Bonchev–Trinajstić information content (AvgIpc) is 3.36. The Labute approximate surface area is 199 Å². The fraction of sp³-hybridized carbons (Fsp3) is 0.476. The Morgan fingerprint density at radius 3 is 2.86 bits per heavy atom. The number of aryl methyl sites for hydroxylation is 2. The summed E-state index contributed by atoms with van der Waals surface area (Å²) < 4.78 is 35.6. The van der Waals surface area contributed by atoms with E-state index in [4.69, 9.17) is 30.5 Å². The Bertz CT molecular complexity index is 1280. The third-order valence-electron chi connectivity index (χ3n) is 5.32. The summed E-state index contributed by atoms with van der Waals surface area (Å²) in [4.78, 5) is 36.4. The molecule has 1 amide bonds. The first-order chi connectivity index (χ1) is 16.7. The van der Waals surface area contributed by atoms with Crippen LogP contribution in [0.25, 0.3) is 11.2 Å². The number of nitrogens with one attached hydrogen (secondary N) is 1. The molecule has 3 aromatic heterocycles. The number of carbonyl (C=O) groups excluding carboxylic acids is 1. The van der Waals surface area contributed by atoms with Gasteiger partial charge in [-0.3, -0.25) is 4.90 Å². The first kappa shape index (κ1) is 25.7. The van der Waals surface area contributed by atoms with Crippen LogP contribution < -0.4 is 16.9 Å². The van der Waals surface area contributed by atoms with Gasteiger partial charge in [-0.1, -0.05) is 5.92 Å². The number of rotatable bonds is 11. The van der Waals surface area contributed by atoms with Crippen LogP contribution in [-0.2, 0) is 22.6 Å². The molecule has 0 aromatic carbocycles.